The van der Waals surface area contributed by atoms with Gasteiger partial charge in [-0.25, -0.2) is 4.79 Å². The van der Waals surface area contributed by atoms with Crippen molar-refractivity contribution in [3.05, 3.63) is 94.5 Å². The Balaban J connectivity index is 1.32. The van der Waals surface area contributed by atoms with Crippen LogP contribution < -0.4 is 9.47 Å². The molecule has 2 unspecified atom stereocenters. The van der Waals surface area contributed by atoms with E-state index in [0.717, 1.165) is 21.8 Å². The number of carboxylic acids is 1. The summed E-state index contributed by atoms with van der Waals surface area (Å²) in [5, 5.41) is 10.4. The number of carboxylic acid groups (broad SMARTS) is 1. The van der Waals surface area contributed by atoms with Crippen LogP contribution in [0.25, 0.3) is 22.4 Å². The predicted molar refractivity (Wildman–Crippen MR) is 138 cm³/mol. The van der Waals surface area contributed by atoms with Crippen LogP contribution in [0.15, 0.2) is 72.8 Å². The zero-order valence-corrected chi connectivity index (χ0v) is 19.7. The van der Waals surface area contributed by atoms with Crippen LogP contribution in [0.1, 0.15) is 46.9 Å². The molecular formula is C29H27N2O2S+. The number of anilines is 1. The molecule has 4 aromatic rings. The van der Waals surface area contributed by atoms with E-state index < -0.39 is 5.97 Å². The van der Waals surface area contributed by atoms with Gasteiger partial charge in [-0.05, 0) is 53.8 Å². The molecule has 2 atom stereocenters. The lowest BCUT2D eigenvalue weighted by atomic mass is 9.96. The quantitative estimate of drug-likeness (QED) is 0.349. The molecule has 2 aliphatic rings. The van der Waals surface area contributed by atoms with E-state index in [9.17, 15) is 9.90 Å². The van der Waals surface area contributed by atoms with Gasteiger partial charge in [0, 0.05) is 36.3 Å². The van der Waals surface area contributed by atoms with E-state index in [4.69, 9.17) is 0 Å². The van der Waals surface area contributed by atoms with Gasteiger partial charge in [0.25, 0.3) is 5.01 Å². The topological polar surface area (TPSA) is 44.4 Å². The third-order valence-electron chi connectivity index (χ3n) is 7.18. The number of benzene rings is 3. The molecule has 4 nitrogen and oxygen atoms in total. The van der Waals surface area contributed by atoms with Crippen LogP contribution in [0.4, 0.5) is 5.69 Å². The van der Waals surface area contributed by atoms with Gasteiger partial charge >= 0.3 is 5.97 Å². The molecule has 34 heavy (non-hydrogen) atoms. The molecule has 0 bridgehead atoms. The predicted octanol–water partition coefficient (Wildman–Crippen LogP) is 6.10. The number of hydrogen-bond acceptors (Lipinski definition) is 3. The second-order valence-corrected chi connectivity index (χ2v) is 10.3. The van der Waals surface area contributed by atoms with Crippen LogP contribution in [0.2, 0.25) is 0 Å². The molecule has 3 aromatic carbocycles. The van der Waals surface area contributed by atoms with Gasteiger partial charge in [-0.15, -0.1) is 0 Å². The van der Waals surface area contributed by atoms with Crippen molar-refractivity contribution in [1.82, 2.24) is 0 Å². The molecule has 2 heterocycles. The standard InChI is InChI=1S/C29H26N2O2S/c32-29(33)19-31-26-10-4-5-12-27(26)34-28(31)16-14-20-13-15-25-23(17-20)22-9-6-11-24(22)30(25)18-21-7-2-1-3-8-21/h1-5,7-8,10,12-17,22,24H,6,9,11,18-19H2/p+1. The van der Waals surface area contributed by atoms with E-state index in [1.165, 1.54) is 41.6 Å². The highest BCUT2D eigenvalue weighted by atomic mass is 32.1. The fourth-order valence-corrected chi connectivity index (χ4v) is 6.78. The van der Waals surface area contributed by atoms with Crippen LogP contribution in [0.3, 0.4) is 0 Å². The molecule has 6 rings (SSSR count). The smallest absolute Gasteiger partial charge is 0.370 e. The summed E-state index contributed by atoms with van der Waals surface area (Å²) in [7, 11) is 0. The molecule has 1 fully saturated rings. The van der Waals surface area contributed by atoms with Crippen molar-refractivity contribution >= 4 is 45.4 Å². The Morgan fingerprint density at radius 3 is 2.71 bits per heavy atom. The summed E-state index contributed by atoms with van der Waals surface area (Å²) in [5.74, 6) is -0.222. The van der Waals surface area contributed by atoms with Crippen LogP contribution in [0, 0.1) is 0 Å². The molecular weight excluding hydrogens is 440 g/mol. The Morgan fingerprint density at radius 2 is 1.85 bits per heavy atom. The third-order valence-corrected chi connectivity index (χ3v) is 8.32. The first kappa shape index (κ1) is 21.1. The van der Waals surface area contributed by atoms with Gasteiger partial charge < -0.3 is 10.0 Å². The summed E-state index contributed by atoms with van der Waals surface area (Å²) in [5.41, 5.74) is 6.34. The normalized spacial score (nSPS) is 19.1. The largest absolute Gasteiger partial charge is 0.477 e. The van der Waals surface area contributed by atoms with Crippen LogP contribution >= 0.6 is 11.3 Å². The summed E-state index contributed by atoms with van der Waals surface area (Å²) < 4.78 is 2.99. The van der Waals surface area contributed by atoms with Gasteiger partial charge in [0.2, 0.25) is 12.1 Å². The number of aliphatic carboxylic acids is 1. The SMILES string of the molecule is O=C(O)C[n+]1c(/C=C/c2ccc3c(c2)C2CCCC2N3Cc2ccccc2)sc2ccccc21. The summed E-state index contributed by atoms with van der Waals surface area (Å²) in [6.07, 6.45) is 8.00. The Morgan fingerprint density at radius 1 is 1.03 bits per heavy atom. The number of carbonyl (C=O) groups is 1. The lowest BCUT2D eigenvalue weighted by molar-refractivity contribution is -0.657. The number of aromatic nitrogens is 1. The monoisotopic (exact) mass is 467 g/mol. The van der Waals surface area contributed by atoms with Crippen molar-refractivity contribution in [2.45, 2.75) is 44.3 Å². The lowest BCUT2D eigenvalue weighted by Crippen LogP contribution is -2.39. The zero-order chi connectivity index (χ0) is 23.1. The zero-order valence-electron chi connectivity index (χ0n) is 18.9. The van der Waals surface area contributed by atoms with E-state index in [0.29, 0.717) is 12.0 Å². The highest BCUT2D eigenvalue weighted by molar-refractivity contribution is 7.18. The van der Waals surface area contributed by atoms with Gasteiger partial charge in [-0.2, -0.15) is 4.57 Å². The van der Waals surface area contributed by atoms with Gasteiger partial charge in [0.05, 0.1) is 0 Å². The van der Waals surface area contributed by atoms with Crippen LogP contribution in [-0.4, -0.2) is 17.1 Å². The first-order chi connectivity index (χ1) is 16.7. The minimum Gasteiger partial charge on any atom is -0.477 e. The molecule has 0 radical (unpaired) electrons. The van der Waals surface area contributed by atoms with Crippen molar-refractivity contribution < 1.29 is 14.5 Å². The van der Waals surface area contributed by atoms with E-state index in [1.807, 2.05) is 28.8 Å². The molecule has 1 saturated carbocycles. The summed E-state index contributed by atoms with van der Waals surface area (Å²) in [6, 6.07) is 26.2. The van der Waals surface area contributed by atoms with Crippen LogP contribution in [-0.2, 0) is 17.9 Å². The molecule has 0 saturated heterocycles. The molecule has 5 heteroatoms. The third kappa shape index (κ3) is 3.80. The minimum absolute atomic E-state index is 0.0356. The Kier molecular flexibility index (Phi) is 5.42. The van der Waals surface area contributed by atoms with Crippen molar-refractivity contribution in [3.8, 4) is 0 Å². The minimum atomic E-state index is -0.827. The number of nitrogens with zero attached hydrogens (tertiary/aromatic N) is 2. The number of thiazole rings is 1. The van der Waals surface area contributed by atoms with E-state index in [2.05, 4.69) is 65.6 Å². The van der Waals surface area contributed by atoms with Crippen molar-refractivity contribution in [2.24, 2.45) is 0 Å². The average molecular weight is 468 g/mol. The van der Waals surface area contributed by atoms with Crippen molar-refractivity contribution in [2.75, 3.05) is 4.90 Å². The summed E-state index contributed by atoms with van der Waals surface area (Å²) in [6.45, 7) is 0.924. The maximum atomic E-state index is 11.5. The van der Waals surface area contributed by atoms with Crippen molar-refractivity contribution in [3.63, 3.8) is 0 Å². The fourth-order valence-electron chi connectivity index (χ4n) is 5.72. The fraction of sp³-hybridized carbons (Fsp3) is 0.241. The number of rotatable bonds is 6. The van der Waals surface area contributed by atoms with Crippen molar-refractivity contribution in [1.29, 1.82) is 0 Å². The highest BCUT2D eigenvalue weighted by Gasteiger charge is 2.41. The number of hydrogen-bond donors (Lipinski definition) is 1. The highest BCUT2D eigenvalue weighted by Crippen LogP contribution is 2.50. The molecule has 1 aromatic heterocycles. The van der Waals surface area contributed by atoms with Gasteiger partial charge in [0.1, 0.15) is 4.70 Å². The maximum Gasteiger partial charge on any atom is 0.370 e. The van der Waals surface area contributed by atoms with E-state index in [1.54, 1.807) is 11.3 Å². The molecule has 1 aliphatic carbocycles. The Bertz CT molecular complexity index is 1390. The van der Waals surface area contributed by atoms with E-state index in [-0.39, 0.29) is 6.54 Å². The number of para-hydroxylation sites is 1. The summed E-state index contributed by atoms with van der Waals surface area (Å²) in [4.78, 5) is 14.1. The number of fused-ring (bicyclic) bond motifs is 4. The molecule has 170 valence electrons. The van der Waals surface area contributed by atoms with Gasteiger partial charge in [0.15, 0.2) is 0 Å². The molecule has 1 N–H and O–H groups in total. The maximum absolute atomic E-state index is 11.5. The molecule has 0 amide bonds. The Hall–Kier alpha value is -3.44. The summed E-state index contributed by atoms with van der Waals surface area (Å²) >= 11 is 1.63. The first-order valence-electron chi connectivity index (χ1n) is 11.9. The molecule has 1 aliphatic heterocycles. The second-order valence-electron chi connectivity index (χ2n) is 9.26. The lowest BCUT2D eigenvalue weighted by Gasteiger charge is -2.27. The van der Waals surface area contributed by atoms with Gasteiger partial charge in [-0.1, -0.05) is 66.3 Å². The Labute approximate surface area is 203 Å². The van der Waals surface area contributed by atoms with E-state index >= 15 is 0 Å². The van der Waals surface area contributed by atoms with Gasteiger partial charge in [-0.3, -0.25) is 0 Å². The average Bonchev–Trinajstić information content (AvgIpc) is 3.53. The van der Waals surface area contributed by atoms with Crippen LogP contribution in [0.5, 0.6) is 0 Å². The second kappa shape index (κ2) is 8.73. The first-order valence-corrected chi connectivity index (χ1v) is 12.7. The molecule has 0 spiro atoms.